The van der Waals surface area contributed by atoms with Crippen molar-refractivity contribution in [3.63, 3.8) is 0 Å². The highest BCUT2D eigenvalue weighted by Crippen LogP contribution is 2.52. The molecule has 13 rings (SSSR count). The summed E-state index contributed by atoms with van der Waals surface area (Å²) in [7, 11) is 0. The van der Waals surface area contributed by atoms with E-state index in [1.54, 1.807) is 0 Å². The Morgan fingerprint density at radius 1 is 0.282 bits per heavy atom. The van der Waals surface area contributed by atoms with E-state index in [9.17, 15) is 0 Å². The van der Waals surface area contributed by atoms with Crippen LogP contribution in [0.2, 0.25) is 0 Å². The van der Waals surface area contributed by atoms with Crippen molar-refractivity contribution in [2.75, 3.05) is 9.80 Å². The molecule has 0 aliphatic heterocycles. The Bertz CT molecular complexity index is 4230. The van der Waals surface area contributed by atoms with Crippen molar-refractivity contribution in [3.8, 4) is 22.3 Å². The summed E-state index contributed by atoms with van der Waals surface area (Å²) in [6.07, 6.45) is 0. The van der Waals surface area contributed by atoms with Crippen molar-refractivity contribution in [3.05, 3.63) is 241 Å². The lowest BCUT2D eigenvalue weighted by Gasteiger charge is -2.26. The SMILES string of the molecule is CC(C)c1ccc(N(c2ccc(C(C)C)cc2)c2ccc3cc4c(cc3c2)oc2c4c(-c3ccccc3)c(-c3ccccc3)c3oc4cc5cc(N(c6ccc(C(C)C)cc6)c6ccc(C(C)C)cc6)ccc5cc4c32)cc1. The molecular formula is C74H64N2O2. The molecule has 0 aliphatic carbocycles. The second-order valence-corrected chi connectivity index (χ2v) is 22.5. The third kappa shape index (κ3) is 8.57. The molecule has 0 radical (unpaired) electrons. The molecule has 4 heteroatoms. The maximum absolute atomic E-state index is 7.36. The highest BCUT2D eigenvalue weighted by Gasteiger charge is 2.28. The average Bonchev–Trinajstić information content (AvgIpc) is 4.01. The Morgan fingerprint density at radius 3 is 0.987 bits per heavy atom. The predicted octanol–water partition coefficient (Wildman–Crippen LogP) is 22.6. The second kappa shape index (κ2) is 19.6. The summed E-state index contributed by atoms with van der Waals surface area (Å²) in [4.78, 5) is 4.74. The van der Waals surface area contributed by atoms with Crippen molar-refractivity contribution < 1.29 is 8.83 Å². The molecule has 0 spiro atoms. The lowest BCUT2D eigenvalue weighted by Crippen LogP contribution is -2.10. The number of rotatable bonds is 12. The van der Waals surface area contributed by atoms with Crippen LogP contribution in [0.15, 0.2) is 227 Å². The largest absolute Gasteiger partial charge is 0.455 e. The van der Waals surface area contributed by atoms with Gasteiger partial charge in [0.25, 0.3) is 0 Å². The molecule has 11 aromatic carbocycles. The van der Waals surface area contributed by atoms with Crippen LogP contribution in [0.3, 0.4) is 0 Å². The fourth-order valence-corrected chi connectivity index (χ4v) is 11.7. The molecule has 0 fully saturated rings. The number of fused-ring (bicyclic) bond motifs is 9. The second-order valence-electron chi connectivity index (χ2n) is 22.5. The van der Waals surface area contributed by atoms with Gasteiger partial charge in [0.15, 0.2) is 0 Å². The van der Waals surface area contributed by atoms with E-state index >= 15 is 0 Å². The van der Waals surface area contributed by atoms with E-state index in [4.69, 9.17) is 8.83 Å². The van der Waals surface area contributed by atoms with Crippen LogP contribution in [0, 0.1) is 0 Å². The van der Waals surface area contributed by atoms with Crippen LogP contribution in [0.25, 0.3) is 87.7 Å². The van der Waals surface area contributed by atoms with Crippen molar-refractivity contribution in [2.45, 2.75) is 79.1 Å². The van der Waals surface area contributed by atoms with E-state index in [1.165, 1.54) is 22.3 Å². The number of benzene rings is 11. The Kier molecular flexibility index (Phi) is 12.3. The van der Waals surface area contributed by atoms with Gasteiger partial charge in [-0.05, 0) is 176 Å². The fraction of sp³-hybridized carbons (Fsp3) is 0.162. The molecule has 0 saturated heterocycles. The first kappa shape index (κ1) is 48.8. The maximum Gasteiger partial charge on any atom is 0.147 e. The molecule has 0 amide bonds. The molecule has 0 aliphatic rings. The number of hydrogen-bond acceptors (Lipinski definition) is 4. The smallest absolute Gasteiger partial charge is 0.147 e. The van der Waals surface area contributed by atoms with Crippen LogP contribution in [0.4, 0.5) is 34.1 Å². The van der Waals surface area contributed by atoms with Gasteiger partial charge < -0.3 is 18.6 Å². The van der Waals surface area contributed by atoms with Crippen molar-refractivity contribution in [1.82, 2.24) is 0 Å². The molecule has 0 bridgehead atoms. The molecule has 13 aromatic rings. The molecule has 0 N–H and O–H groups in total. The summed E-state index contributed by atoms with van der Waals surface area (Å²) in [5, 5.41) is 8.59. The van der Waals surface area contributed by atoms with Gasteiger partial charge in [-0.2, -0.15) is 0 Å². The molecule has 0 saturated carbocycles. The summed E-state index contributed by atoms with van der Waals surface area (Å²) in [5.41, 5.74) is 19.5. The molecular weight excluding hydrogens is 949 g/mol. The molecule has 2 aromatic heterocycles. The first-order chi connectivity index (χ1) is 37.9. The first-order valence-corrected chi connectivity index (χ1v) is 27.8. The van der Waals surface area contributed by atoms with E-state index < -0.39 is 0 Å². The van der Waals surface area contributed by atoms with Gasteiger partial charge in [-0.15, -0.1) is 0 Å². The third-order valence-corrected chi connectivity index (χ3v) is 16.1. The zero-order valence-electron chi connectivity index (χ0n) is 45.8. The van der Waals surface area contributed by atoms with Crippen LogP contribution in [-0.2, 0) is 0 Å². The molecule has 4 nitrogen and oxygen atoms in total. The standard InChI is InChI=1S/C74H64N2O2/c1-45(2)49-19-29-59(30-20-49)75(60-31-21-50(22-32-60)46(3)4)63-37-27-55-41-65-67(43-57(55)39-63)78-74-71(65)69(53-15-11-9-12-16-53)70(54-17-13-10-14-18-54)73-72(74)66-42-56-28-38-64(40-58(56)44-68(66)77-73)76(61-33-23-51(24-34-61)47(5)6)62-35-25-52(26-36-62)48(7)8/h9-48H,1-8H3. The van der Waals surface area contributed by atoms with Gasteiger partial charge >= 0.3 is 0 Å². The third-order valence-electron chi connectivity index (χ3n) is 16.1. The number of furan rings is 2. The van der Waals surface area contributed by atoms with Crippen LogP contribution in [0.1, 0.15) is 101 Å². The van der Waals surface area contributed by atoms with E-state index in [2.05, 4.69) is 284 Å². The lowest BCUT2D eigenvalue weighted by molar-refractivity contribution is 0.664. The Balaban J connectivity index is 1.03. The van der Waals surface area contributed by atoms with Gasteiger partial charge in [-0.1, -0.05) is 177 Å². The number of hydrogen-bond donors (Lipinski definition) is 0. The molecule has 2 heterocycles. The van der Waals surface area contributed by atoms with Crippen LogP contribution >= 0.6 is 0 Å². The number of nitrogens with zero attached hydrogens (tertiary/aromatic N) is 2. The minimum atomic E-state index is 0.443. The normalized spacial score (nSPS) is 12.1. The minimum absolute atomic E-state index is 0.443. The zero-order valence-corrected chi connectivity index (χ0v) is 45.8. The summed E-state index contributed by atoms with van der Waals surface area (Å²) >= 11 is 0. The van der Waals surface area contributed by atoms with Crippen molar-refractivity contribution in [2.24, 2.45) is 0 Å². The van der Waals surface area contributed by atoms with Crippen LogP contribution in [-0.4, -0.2) is 0 Å². The van der Waals surface area contributed by atoms with Crippen LogP contribution in [0.5, 0.6) is 0 Å². The van der Waals surface area contributed by atoms with E-state index in [0.717, 1.165) is 122 Å². The van der Waals surface area contributed by atoms with Crippen molar-refractivity contribution in [1.29, 1.82) is 0 Å². The predicted molar refractivity (Wildman–Crippen MR) is 333 cm³/mol. The van der Waals surface area contributed by atoms with Gasteiger partial charge in [0, 0.05) is 61.4 Å². The number of anilines is 6. The van der Waals surface area contributed by atoms with Gasteiger partial charge in [-0.25, -0.2) is 0 Å². The monoisotopic (exact) mass is 1010 g/mol. The fourth-order valence-electron chi connectivity index (χ4n) is 11.7. The lowest BCUT2D eigenvalue weighted by atomic mass is 9.88. The minimum Gasteiger partial charge on any atom is -0.455 e. The summed E-state index contributed by atoms with van der Waals surface area (Å²) in [6, 6.07) is 80.4. The van der Waals surface area contributed by atoms with E-state index in [0.29, 0.717) is 23.7 Å². The van der Waals surface area contributed by atoms with Gasteiger partial charge in [0.05, 0.1) is 5.39 Å². The highest BCUT2D eigenvalue weighted by atomic mass is 16.3. The van der Waals surface area contributed by atoms with Crippen LogP contribution < -0.4 is 9.80 Å². The zero-order chi connectivity index (χ0) is 53.3. The van der Waals surface area contributed by atoms with Gasteiger partial charge in [0.2, 0.25) is 0 Å². The first-order valence-electron chi connectivity index (χ1n) is 27.8. The average molecular weight is 1010 g/mol. The summed E-state index contributed by atoms with van der Waals surface area (Å²) in [6.45, 7) is 18.0. The molecule has 382 valence electrons. The quantitative estimate of drug-likeness (QED) is 0.122. The Hall–Kier alpha value is -8.86. The van der Waals surface area contributed by atoms with Gasteiger partial charge in [0.1, 0.15) is 22.3 Å². The molecule has 78 heavy (non-hydrogen) atoms. The molecule has 0 unspecified atom stereocenters. The van der Waals surface area contributed by atoms with E-state index in [1.807, 2.05) is 0 Å². The summed E-state index contributed by atoms with van der Waals surface area (Å²) < 4.78 is 14.7. The van der Waals surface area contributed by atoms with Crippen molar-refractivity contribution >= 4 is 99.5 Å². The Labute approximate surface area is 457 Å². The topological polar surface area (TPSA) is 32.8 Å². The van der Waals surface area contributed by atoms with E-state index in [-0.39, 0.29) is 0 Å². The molecule has 0 atom stereocenters. The summed E-state index contributed by atoms with van der Waals surface area (Å²) in [5.74, 6) is 1.77. The highest BCUT2D eigenvalue weighted by molar-refractivity contribution is 6.32. The Morgan fingerprint density at radius 2 is 0.615 bits per heavy atom. The van der Waals surface area contributed by atoms with Gasteiger partial charge in [-0.3, -0.25) is 0 Å². The maximum atomic E-state index is 7.36.